The Morgan fingerprint density at radius 2 is 2.04 bits per heavy atom. The van der Waals surface area contributed by atoms with E-state index in [1.54, 1.807) is 6.92 Å². The molecule has 0 atom stereocenters. The average Bonchev–Trinajstić information content (AvgIpc) is 3.30. The van der Waals surface area contributed by atoms with Crippen LogP contribution in [-0.4, -0.2) is 33.0 Å². The molecule has 1 N–H and O–H groups in total. The minimum Gasteiger partial charge on any atom is -0.489 e. The highest BCUT2D eigenvalue weighted by Gasteiger charge is 2.25. The first-order valence-electron chi connectivity index (χ1n) is 9.05. The second-order valence-electron chi connectivity index (χ2n) is 7.25. The first-order chi connectivity index (χ1) is 12.1. The molecular weight excluding hydrogens is 384 g/mol. The number of carbonyl (C=O) groups excluding carboxylic acids is 1. The van der Waals surface area contributed by atoms with Gasteiger partial charge in [-0.1, -0.05) is 5.21 Å². The van der Waals surface area contributed by atoms with Crippen molar-refractivity contribution in [3.05, 3.63) is 16.6 Å². The summed E-state index contributed by atoms with van der Waals surface area (Å²) in [4.78, 5) is 11.2. The number of benzene rings is 1. The molecule has 2 aliphatic rings. The van der Waals surface area contributed by atoms with Crippen molar-refractivity contribution in [3.63, 3.8) is 0 Å². The number of ether oxygens (including phenoxy) is 1. The number of amides is 1. The summed E-state index contributed by atoms with van der Waals surface area (Å²) in [6, 6.07) is 4.35. The fourth-order valence-corrected chi connectivity index (χ4v) is 4.06. The Balaban J connectivity index is 1.43. The van der Waals surface area contributed by atoms with Crippen LogP contribution in [0.25, 0.3) is 11.0 Å². The summed E-state index contributed by atoms with van der Waals surface area (Å²) in [6.07, 6.45) is 6.59. The monoisotopic (exact) mass is 406 g/mol. The molecule has 2 aliphatic carbocycles. The van der Waals surface area contributed by atoms with Crippen LogP contribution in [0.2, 0.25) is 0 Å². The quantitative estimate of drug-likeness (QED) is 0.825. The molecule has 1 aromatic carbocycles. The van der Waals surface area contributed by atoms with E-state index in [9.17, 15) is 4.79 Å². The fraction of sp³-hybridized carbons (Fsp3) is 0.611. The van der Waals surface area contributed by atoms with Gasteiger partial charge in [-0.3, -0.25) is 4.79 Å². The van der Waals surface area contributed by atoms with Crippen LogP contribution in [-0.2, 0) is 11.3 Å². The standard InChI is InChI=1S/C18H23BrN4O2/c1-11(24)20-13-4-6-14(7-5-13)25-16-9-8-15-18(17(16)19)21-22-23(15)10-12-2-3-12/h8-9,12-14H,2-7,10H2,1H3,(H,20,24). The smallest absolute Gasteiger partial charge is 0.217 e. The van der Waals surface area contributed by atoms with Crippen molar-refractivity contribution in [2.75, 3.05) is 0 Å². The van der Waals surface area contributed by atoms with Crippen molar-refractivity contribution < 1.29 is 9.53 Å². The number of hydrogen-bond donors (Lipinski definition) is 1. The van der Waals surface area contributed by atoms with Gasteiger partial charge in [0, 0.05) is 19.5 Å². The summed E-state index contributed by atoms with van der Waals surface area (Å²) in [5.74, 6) is 1.64. The van der Waals surface area contributed by atoms with Gasteiger partial charge >= 0.3 is 0 Å². The predicted octanol–water partition coefficient (Wildman–Crippen LogP) is 3.43. The van der Waals surface area contributed by atoms with Crippen LogP contribution in [0.15, 0.2) is 16.6 Å². The van der Waals surface area contributed by atoms with E-state index in [1.165, 1.54) is 12.8 Å². The molecule has 1 aromatic heterocycles. The second-order valence-corrected chi connectivity index (χ2v) is 8.05. The van der Waals surface area contributed by atoms with Gasteiger partial charge in [0.15, 0.2) is 0 Å². The minimum atomic E-state index is 0.0480. The molecule has 25 heavy (non-hydrogen) atoms. The van der Waals surface area contributed by atoms with Crippen LogP contribution in [0.5, 0.6) is 5.75 Å². The maximum atomic E-state index is 11.2. The number of carbonyl (C=O) groups is 1. The maximum absolute atomic E-state index is 11.2. The maximum Gasteiger partial charge on any atom is 0.217 e. The lowest BCUT2D eigenvalue weighted by Gasteiger charge is -2.29. The molecule has 0 radical (unpaired) electrons. The first-order valence-corrected chi connectivity index (χ1v) is 9.85. The molecule has 6 nitrogen and oxygen atoms in total. The number of nitrogens with zero attached hydrogens (tertiary/aromatic N) is 3. The molecule has 0 bridgehead atoms. The van der Waals surface area contributed by atoms with Gasteiger partial charge in [-0.15, -0.1) is 5.10 Å². The van der Waals surface area contributed by atoms with E-state index in [1.807, 2.05) is 10.7 Å². The highest BCUT2D eigenvalue weighted by molar-refractivity contribution is 9.10. The average molecular weight is 407 g/mol. The molecule has 7 heteroatoms. The van der Waals surface area contributed by atoms with Gasteiger partial charge in [0.1, 0.15) is 11.3 Å². The molecule has 2 saturated carbocycles. The van der Waals surface area contributed by atoms with E-state index in [4.69, 9.17) is 4.74 Å². The third kappa shape index (κ3) is 3.81. The van der Waals surface area contributed by atoms with Crippen LogP contribution in [0.1, 0.15) is 45.4 Å². The zero-order chi connectivity index (χ0) is 17.4. The van der Waals surface area contributed by atoms with Gasteiger partial charge in [-0.05, 0) is 72.5 Å². The summed E-state index contributed by atoms with van der Waals surface area (Å²) in [7, 11) is 0. The topological polar surface area (TPSA) is 69.0 Å². The van der Waals surface area contributed by atoms with Gasteiger partial charge in [-0.25, -0.2) is 4.68 Å². The SMILES string of the molecule is CC(=O)NC1CCC(Oc2ccc3c(nnn3CC3CC3)c2Br)CC1. The molecule has 134 valence electrons. The Bertz CT molecular complexity index is 779. The Morgan fingerprint density at radius 1 is 1.28 bits per heavy atom. The lowest BCUT2D eigenvalue weighted by Crippen LogP contribution is -2.38. The normalized spacial score (nSPS) is 23.6. The Hall–Kier alpha value is -1.63. The third-order valence-corrected chi connectivity index (χ3v) is 5.86. The summed E-state index contributed by atoms with van der Waals surface area (Å²) in [6.45, 7) is 2.53. The van der Waals surface area contributed by atoms with E-state index >= 15 is 0 Å². The number of rotatable bonds is 5. The Morgan fingerprint density at radius 3 is 2.72 bits per heavy atom. The van der Waals surface area contributed by atoms with Crippen LogP contribution in [0.3, 0.4) is 0 Å². The molecule has 0 aliphatic heterocycles. The molecule has 2 aromatic rings. The molecule has 0 saturated heterocycles. The molecule has 4 rings (SSSR count). The number of nitrogens with one attached hydrogen (secondary N) is 1. The summed E-state index contributed by atoms with van der Waals surface area (Å²) in [5.41, 5.74) is 1.92. The van der Waals surface area contributed by atoms with Gasteiger partial charge in [0.2, 0.25) is 5.91 Å². The molecule has 0 spiro atoms. The van der Waals surface area contributed by atoms with Gasteiger partial charge in [0.05, 0.1) is 16.1 Å². The van der Waals surface area contributed by atoms with Crippen molar-refractivity contribution in [2.45, 2.75) is 64.1 Å². The Kier molecular flexibility index (Phi) is 4.67. The van der Waals surface area contributed by atoms with Crippen molar-refractivity contribution in [1.82, 2.24) is 20.3 Å². The van der Waals surface area contributed by atoms with E-state index in [0.29, 0.717) is 0 Å². The number of fused-ring (bicyclic) bond motifs is 1. The van der Waals surface area contributed by atoms with Crippen molar-refractivity contribution in [3.8, 4) is 5.75 Å². The molecule has 0 unspecified atom stereocenters. The molecule has 1 amide bonds. The molecule has 1 heterocycles. The van der Waals surface area contributed by atoms with Crippen LogP contribution >= 0.6 is 15.9 Å². The molecular formula is C18H23BrN4O2. The second kappa shape index (κ2) is 6.94. The van der Waals surface area contributed by atoms with E-state index in [0.717, 1.165) is 59.4 Å². The van der Waals surface area contributed by atoms with Crippen molar-refractivity contribution in [2.24, 2.45) is 5.92 Å². The van der Waals surface area contributed by atoms with Crippen LogP contribution in [0.4, 0.5) is 0 Å². The van der Waals surface area contributed by atoms with Crippen molar-refractivity contribution in [1.29, 1.82) is 0 Å². The first kappa shape index (κ1) is 16.8. The van der Waals surface area contributed by atoms with Gasteiger partial charge in [-0.2, -0.15) is 0 Å². The number of hydrogen-bond acceptors (Lipinski definition) is 4. The largest absolute Gasteiger partial charge is 0.489 e. The summed E-state index contributed by atoms with van der Waals surface area (Å²) in [5, 5.41) is 11.6. The Labute approximate surface area is 155 Å². The van der Waals surface area contributed by atoms with Gasteiger partial charge < -0.3 is 10.1 Å². The lowest BCUT2D eigenvalue weighted by atomic mass is 9.93. The number of aromatic nitrogens is 3. The zero-order valence-electron chi connectivity index (χ0n) is 14.4. The summed E-state index contributed by atoms with van der Waals surface area (Å²) < 4.78 is 9.10. The lowest BCUT2D eigenvalue weighted by molar-refractivity contribution is -0.120. The summed E-state index contributed by atoms with van der Waals surface area (Å²) >= 11 is 3.65. The highest BCUT2D eigenvalue weighted by atomic mass is 79.9. The third-order valence-electron chi connectivity index (χ3n) is 5.09. The highest BCUT2D eigenvalue weighted by Crippen LogP contribution is 2.36. The van der Waals surface area contributed by atoms with Crippen LogP contribution < -0.4 is 10.1 Å². The van der Waals surface area contributed by atoms with E-state index < -0.39 is 0 Å². The minimum absolute atomic E-state index is 0.0480. The zero-order valence-corrected chi connectivity index (χ0v) is 16.0. The fourth-order valence-electron chi connectivity index (χ4n) is 3.55. The van der Waals surface area contributed by atoms with Crippen molar-refractivity contribution >= 4 is 32.9 Å². The van der Waals surface area contributed by atoms with E-state index in [2.05, 4.69) is 37.6 Å². The van der Waals surface area contributed by atoms with Crippen LogP contribution in [0, 0.1) is 5.92 Å². The van der Waals surface area contributed by atoms with E-state index in [-0.39, 0.29) is 18.1 Å². The van der Waals surface area contributed by atoms with Gasteiger partial charge in [0.25, 0.3) is 0 Å². The molecule has 2 fully saturated rings. The predicted molar refractivity (Wildman–Crippen MR) is 98.4 cm³/mol. The number of halogens is 1.